The molecule has 1 aliphatic rings. The van der Waals surface area contributed by atoms with E-state index in [1.165, 1.54) is 0 Å². The number of ether oxygens (including phenoxy) is 1. The molecule has 0 radical (unpaired) electrons. The molecule has 2 heterocycles. The van der Waals surface area contributed by atoms with Crippen LogP contribution in [-0.2, 0) is 0 Å². The third-order valence-corrected chi connectivity index (χ3v) is 5.89. The van der Waals surface area contributed by atoms with Gasteiger partial charge in [0.2, 0.25) is 0 Å². The summed E-state index contributed by atoms with van der Waals surface area (Å²) in [6, 6.07) is 17.9. The highest BCUT2D eigenvalue weighted by Gasteiger charge is 2.27. The van der Waals surface area contributed by atoms with Crippen molar-refractivity contribution in [1.82, 2.24) is 14.6 Å². The number of nitrogens with zero attached hydrogens (tertiary/aromatic N) is 3. The van der Waals surface area contributed by atoms with E-state index in [4.69, 9.17) is 16.2 Å². The van der Waals surface area contributed by atoms with Crippen LogP contribution < -0.4 is 21.5 Å². The normalized spacial score (nSPS) is 18.7. The first-order valence-corrected chi connectivity index (χ1v) is 10.7. The highest BCUT2D eigenvalue weighted by atomic mass is 16.5. The van der Waals surface area contributed by atoms with E-state index in [9.17, 15) is 0 Å². The van der Waals surface area contributed by atoms with E-state index in [1.807, 2.05) is 60.8 Å². The summed E-state index contributed by atoms with van der Waals surface area (Å²) < 4.78 is 7.63. The molecule has 0 atom stereocenters. The van der Waals surface area contributed by atoms with E-state index < -0.39 is 0 Å². The Bertz CT molecular complexity index is 1160. The minimum atomic E-state index is 0.272. The molecule has 0 unspecified atom stereocenters. The van der Waals surface area contributed by atoms with Crippen LogP contribution in [0.4, 0.5) is 17.2 Å². The molecule has 31 heavy (non-hydrogen) atoms. The lowest BCUT2D eigenvalue weighted by Gasteiger charge is -2.28. The molecule has 0 saturated heterocycles. The maximum atomic E-state index is 6.42. The van der Waals surface area contributed by atoms with E-state index in [0.717, 1.165) is 59.8 Å². The third-order valence-electron chi connectivity index (χ3n) is 5.89. The summed E-state index contributed by atoms with van der Waals surface area (Å²) in [4.78, 5) is 4.53. The second kappa shape index (κ2) is 8.28. The Labute approximate surface area is 181 Å². The minimum absolute atomic E-state index is 0.272. The first kappa shape index (κ1) is 19.4. The number of nitrogens with two attached hydrogens (primary N) is 2. The van der Waals surface area contributed by atoms with Crippen molar-refractivity contribution in [2.45, 2.75) is 37.6 Å². The molecule has 0 spiro atoms. The van der Waals surface area contributed by atoms with Crippen molar-refractivity contribution in [2.75, 3.05) is 11.1 Å². The monoisotopic (exact) mass is 414 g/mol. The van der Waals surface area contributed by atoms with Crippen LogP contribution in [0, 0.1) is 0 Å². The quantitative estimate of drug-likeness (QED) is 0.432. The van der Waals surface area contributed by atoms with Gasteiger partial charge in [-0.3, -0.25) is 0 Å². The zero-order chi connectivity index (χ0) is 21.2. The first-order valence-electron chi connectivity index (χ1n) is 10.7. The van der Waals surface area contributed by atoms with Gasteiger partial charge in [-0.05, 0) is 68.0 Å². The topological polar surface area (TPSA) is 103 Å². The predicted octanol–water partition coefficient (Wildman–Crippen LogP) is 4.83. The standard InChI is InChI=1S/C24H26N6O/c25-17-8-6-16(7-9-17)21-22(24-27-14-15-30(24)29-23(21)26)28-18-10-12-20(13-11-18)31-19-4-2-1-3-5-19/h1-5,10-17,28H,6-9,25H2,(H2,26,29)/t16-,17+. The molecular formula is C24H26N6O. The van der Waals surface area contributed by atoms with Crippen molar-refractivity contribution in [2.24, 2.45) is 5.73 Å². The van der Waals surface area contributed by atoms with E-state index in [0.29, 0.717) is 11.7 Å². The molecule has 0 amide bonds. The molecule has 5 N–H and O–H groups in total. The van der Waals surface area contributed by atoms with Gasteiger partial charge in [0, 0.05) is 29.7 Å². The Kier molecular flexibility index (Phi) is 5.18. The second-order valence-corrected chi connectivity index (χ2v) is 8.05. The van der Waals surface area contributed by atoms with Crippen molar-refractivity contribution in [3.63, 3.8) is 0 Å². The van der Waals surface area contributed by atoms with Crippen molar-refractivity contribution < 1.29 is 4.74 Å². The minimum Gasteiger partial charge on any atom is -0.457 e. The van der Waals surface area contributed by atoms with Gasteiger partial charge in [0.15, 0.2) is 5.65 Å². The van der Waals surface area contributed by atoms with Crippen LogP contribution in [-0.4, -0.2) is 20.6 Å². The number of anilines is 3. The molecule has 7 nitrogen and oxygen atoms in total. The van der Waals surface area contributed by atoms with Crippen molar-refractivity contribution in [3.8, 4) is 11.5 Å². The highest BCUT2D eigenvalue weighted by molar-refractivity contribution is 5.80. The van der Waals surface area contributed by atoms with Gasteiger partial charge in [-0.1, -0.05) is 18.2 Å². The number of nitrogens with one attached hydrogen (secondary N) is 1. The molecule has 2 aromatic carbocycles. The molecule has 4 aromatic rings. The Balaban J connectivity index is 1.45. The molecule has 1 fully saturated rings. The summed E-state index contributed by atoms with van der Waals surface area (Å²) in [6.45, 7) is 0. The molecule has 1 aliphatic carbocycles. The van der Waals surface area contributed by atoms with Gasteiger partial charge in [0.05, 0.1) is 5.69 Å². The largest absolute Gasteiger partial charge is 0.457 e. The number of rotatable bonds is 5. The van der Waals surface area contributed by atoms with Gasteiger partial charge >= 0.3 is 0 Å². The predicted molar refractivity (Wildman–Crippen MR) is 123 cm³/mol. The summed E-state index contributed by atoms with van der Waals surface area (Å²) in [5.41, 5.74) is 16.2. The van der Waals surface area contributed by atoms with Crippen LogP contribution in [0.15, 0.2) is 67.0 Å². The first-order chi connectivity index (χ1) is 15.2. The third kappa shape index (κ3) is 4.04. The summed E-state index contributed by atoms with van der Waals surface area (Å²) in [6.07, 6.45) is 7.55. The van der Waals surface area contributed by atoms with Crippen molar-refractivity contribution in [1.29, 1.82) is 0 Å². The summed E-state index contributed by atoms with van der Waals surface area (Å²) in [7, 11) is 0. The molecule has 0 aliphatic heterocycles. The lowest BCUT2D eigenvalue weighted by molar-refractivity contribution is 0.396. The number of nitrogen functional groups attached to an aromatic ring is 1. The van der Waals surface area contributed by atoms with E-state index in [-0.39, 0.29) is 6.04 Å². The maximum absolute atomic E-state index is 6.42. The molecule has 7 heteroatoms. The van der Waals surface area contributed by atoms with E-state index in [1.54, 1.807) is 10.7 Å². The lowest BCUT2D eigenvalue weighted by atomic mass is 9.81. The number of hydrogen-bond acceptors (Lipinski definition) is 6. The van der Waals surface area contributed by atoms with Crippen LogP contribution in [0.3, 0.4) is 0 Å². The summed E-state index contributed by atoms with van der Waals surface area (Å²) in [5, 5.41) is 8.09. The fraction of sp³-hybridized carbons (Fsp3) is 0.250. The molecule has 0 bridgehead atoms. The van der Waals surface area contributed by atoms with Gasteiger partial charge < -0.3 is 21.5 Å². The van der Waals surface area contributed by atoms with Crippen molar-refractivity contribution in [3.05, 3.63) is 72.6 Å². The highest BCUT2D eigenvalue weighted by Crippen LogP contribution is 2.41. The Morgan fingerprint density at radius 1 is 0.935 bits per heavy atom. The molecular weight excluding hydrogens is 388 g/mol. The van der Waals surface area contributed by atoms with Crippen LogP contribution >= 0.6 is 0 Å². The Morgan fingerprint density at radius 3 is 2.39 bits per heavy atom. The van der Waals surface area contributed by atoms with E-state index in [2.05, 4.69) is 15.4 Å². The maximum Gasteiger partial charge on any atom is 0.177 e. The van der Waals surface area contributed by atoms with Gasteiger partial charge in [-0.15, -0.1) is 5.10 Å². The fourth-order valence-corrected chi connectivity index (χ4v) is 4.29. The Hall–Kier alpha value is -3.58. The van der Waals surface area contributed by atoms with Crippen molar-refractivity contribution >= 4 is 22.8 Å². The zero-order valence-electron chi connectivity index (χ0n) is 17.2. The number of benzene rings is 2. The smallest absolute Gasteiger partial charge is 0.177 e. The molecule has 5 rings (SSSR count). The number of para-hydroxylation sites is 1. The van der Waals surface area contributed by atoms with Gasteiger partial charge in [-0.2, -0.15) is 0 Å². The zero-order valence-corrected chi connectivity index (χ0v) is 17.2. The van der Waals surface area contributed by atoms with Crippen LogP contribution in [0.2, 0.25) is 0 Å². The molecule has 1 saturated carbocycles. The SMILES string of the molecule is Nc1nn2ccnc2c(Nc2ccc(Oc3ccccc3)cc2)c1[C@H]1CC[C@@H](N)CC1. The average Bonchev–Trinajstić information content (AvgIpc) is 3.25. The number of aromatic nitrogens is 3. The molecule has 158 valence electrons. The molecule has 2 aromatic heterocycles. The fourth-order valence-electron chi connectivity index (χ4n) is 4.29. The average molecular weight is 415 g/mol. The van der Waals surface area contributed by atoms with Gasteiger partial charge in [0.25, 0.3) is 0 Å². The number of imidazole rings is 1. The van der Waals surface area contributed by atoms with Gasteiger partial charge in [-0.25, -0.2) is 9.50 Å². The Morgan fingerprint density at radius 2 is 1.65 bits per heavy atom. The van der Waals surface area contributed by atoms with Gasteiger partial charge in [0.1, 0.15) is 17.3 Å². The second-order valence-electron chi connectivity index (χ2n) is 8.05. The van der Waals surface area contributed by atoms with Crippen LogP contribution in [0.1, 0.15) is 37.2 Å². The number of fused-ring (bicyclic) bond motifs is 1. The van der Waals surface area contributed by atoms with E-state index >= 15 is 0 Å². The van der Waals surface area contributed by atoms with Crippen LogP contribution in [0.25, 0.3) is 5.65 Å². The number of hydrogen-bond donors (Lipinski definition) is 3. The lowest BCUT2D eigenvalue weighted by Crippen LogP contribution is -2.26. The summed E-state index contributed by atoms with van der Waals surface area (Å²) >= 11 is 0. The summed E-state index contributed by atoms with van der Waals surface area (Å²) in [5.74, 6) is 2.44. The van der Waals surface area contributed by atoms with Crippen LogP contribution in [0.5, 0.6) is 11.5 Å².